The van der Waals surface area contributed by atoms with Crippen molar-refractivity contribution in [1.29, 1.82) is 0 Å². The molecule has 0 saturated carbocycles. The fraction of sp³-hybridized carbons (Fsp3) is 0.647. The molecule has 0 saturated heterocycles. The van der Waals surface area contributed by atoms with Crippen LogP contribution in [0.1, 0.15) is 32.8 Å². The Morgan fingerprint density at radius 3 is 2.48 bits per heavy atom. The molecule has 0 spiro atoms. The van der Waals surface area contributed by atoms with Gasteiger partial charge in [0, 0.05) is 25.8 Å². The molecule has 21 heavy (non-hydrogen) atoms. The highest BCUT2D eigenvalue weighted by atomic mass is 16.5. The third-order valence-corrected chi connectivity index (χ3v) is 3.18. The van der Waals surface area contributed by atoms with E-state index < -0.39 is 0 Å². The number of rotatable bonds is 9. The second-order valence-electron chi connectivity index (χ2n) is 6.28. The molecule has 1 rings (SSSR count). The minimum atomic E-state index is 0.263. The minimum Gasteiger partial charge on any atom is -0.493 e. The highest BCUT2D eigenvalue weighted by Crippen LogP contribution is 2.32. The molecule has 0 fully saturated rings. The van der Waals surface area contributed by atoms with Gasteiger partial charge in [-0.25, -0.2) is 0 Å². The number of methoxy groups -OCH3 is 2. The molecule has 0 unspecified atom stereocenters. The van der Waals surface area contributed by atoms with Gasteiger partial charge in [0.05, 0.1) is 20.3 Å². The van der Waals surface area contributed by atoms with E-state index in [-0.39, 0.29) is 5.41 Å². The lowest BCUT2D eigenvalue weighted by Gasteiger charge is -2.20. The molecule has 0 aromatic heterocycles. The molecule has 1 N–H and O–H groups in total. The topological polar surface area (TPSA) is 39.7 Å². The van der Waals surface area contributed by atoms with Gasteiger partial charge in [-0.1, -0.05) is 32.9 Å². The fourth-order valence-electron chi connectivity index (χ4n) is 1.88. The average Bonchev–Trinajstić information content (AvgIpc) is 2.43. The van der Waals surface area contributed by atoms with E-state index in [0.717, 1.165) is 36.6 Å². The van der Waals surface area contributed by atoms with E-state index in [0.29, 0.717) is 13.2 Å². The lowest BCUT2D eigenvalue weighted by Crippen LogP contribution is -2.19. The van der Waals surface area contributed by atoms with Gasteiger partial charge in [0.15, 0.2) is 11.5 Å². The number of benzene rings is 1. The first-order valence-electron chi connectivity index (χ1n) is 7.46. The van der Waals surface area contributed by atoms with Gasteiger partial charge in [-0.2, -0.15) is 0 Å². The van der Waals surface area contributed by atoms with Crippen LogP contribution in [-0.2, 0) is 11.3 Å². The lowest BCUT2D eigenvalue weighted by molar-refractivity contribution is 0.198. The molecule has 4 nitrogen and oxygen atoms in total. The van der Waals surface area contributed by atoms with Crippen LogP contribution < -0.4 is 14.8 Å². The van der Waals surface area contributed by atoms with Crippen molar-refractivity contribution in [3.05, 3.63) is 23.8 Å². The quantitative estimate of drug-likeness (QED) is 0.710. The zero-order chi connectivity index (χ0) is 15.7. The molecule has 1 aromatic carbocycles. The minimum absolute atomic E-state index is 0.263. The largest absolute Gasteiger partial charge is 0.493 e. The van der Waals surface area contributed by atoms with E-state index in [1.165, 1.54) is 0 Å². The summed E-state index contributed by atoms with van der Waals surface area (Å²) >= 11 is 0. The Morgan fingerprint density at radius 1 is 1.10 bits per heavy atom. The Kier molecular flexibility index (Phi) is 7.54. The van der Waals surface area contributed by atoms with Gasteiger partial charge < -0.3 is 19.5 Å². The number of para-hydroxylation sites is 1. The van der Waals surface area contributed by atoms with Crippen molar-refractivity contribution in [1.82, 2.24) is 5.32 Å². The number of hydrogen-bond acceptors (Lipinski definition) is 4. The molecule has 0 aliphatic carbocycles. The summed E-state index contributed by atoms with van der Waals surface area (Å²) in [7, 11) is 3.38. The summed E-state index contributed by atoms with van der Waals surface area (Å²) < 4.78 is 16.5. The lowest BCUT2D eigenvalue weighted by atomic mass is 9.93. The Bertz CT molecular complexity index is 413. The molecule has 0 amide bonds. The van der Waals surface area contributed by atoms with Crippen LogP contribution in [0.15, 0.2) is 18.2 Å². The van der Waals surface area contributed by atoms with Gasteiger partial charge in [-0.15, -0.1) is 0 Å². The summed E-state index contributed by atoms with van der Waals surface area (Å²) in [4.78, 5) is 0. The first-order chi connectivity index (χ1) is 9.98. The normalized spacial score (nSPS) is 11.5. The van der Waals surface area contributed by atoms with Crippen molar-refractivity contribution in [2.75, 3.05) is 34.0 Å². The summed E-state index contributed by atoms with van der Waals surface area (Å²) in [6.45, 7) is 9.59. The van der Waals surface area contributed by atoms with Crippen LogP contribution in [0.2, 0.25) is 0 Å². The summed E-state index contributed by atoms with van der Waals surface area (Å²) in [6, 6.07) is 5.99. The SMILES string of the molecule is COCCNCc1cccc(OC)c1OCCC(C)(C)C. The maximum Gasteiger partial charge on any atom is 0.165 e. The summed E-state index contributed by atoms with van der Waals surface area (Å²) in [5.41, 5.74) is 1.37. The molecule has 0 heterocycles. The van der Waals surface area contributed by atoms with Crippen LogP contribution in [-0.4, -0.2) is 34.0 Å². The molecule has 4 heteroatoms. The molecule has 0 aliphatic heterocycles. The third-order valence-electron chi connectivity index (χ3n) is 3.18. The molecule has 120 valence electrons. The van der Waals surface area contributed by atoms with Gasteiger partial charge in [0.25, 0.3) is 0 Å². The van der Waals surface area contributed by atoms with Gasteiger partial charge >= 0.3 is 0 Å². The maximum atomic E-state index is 6.00. The maximum absolute atomic E-state index is 6.00. The zero-order valence-electron chi connectivity index (χ0n) is 14.0. The first kappa shape index (κ1) is 17.8. The molecule has 0 bridgehead atoms. The molecule has 0 radical (unpaired) electrons. The Balaban J connectivity index is 2.68. The van der Waals surface area contributed by atoms with E-state index in [9.17, 15) is 0 Å². The van der Waals surface area contributed by atoms with Gasteiger partial charge in [-0.05, 0) is 17.9 Å². The summed E-state index contributed by atoms with van der Waals surface area (Å²) in [5.74, 6) is 1.63. The number of hydrogen-bond donors (Lipinski definition) is 1. The van der Waals surface area contributed by atoms with Crippen LogP contribution in [0.25, 0.3) is 0 Å². The first-order valence-corrected chi connectivity index (χ1v) is 7.46. The second-order valence-corrected chi connectivity index (χ2v) is 6.28. The predicted octanol–water partition coefficient (Wildman–Crippen LogP) is 3.25. The van der Waals surface area contributed by atoms with Crippen LogP contribution in [0.5, 0.6) is 11.5 Å². The van der Waals surface area contributed by atoms with Crippen LogP contribution in [0.4, 0.5) is 0 Å². The van der Waals surface area contributed by atoms with Crippen molar-refractivity contribution < 1.29 is 14.2 Å². The fourth-order valence-corrected chi connectivity index (χ4v) is 1.88. The van der Waals surface area contributed by atoms with Crippen molar-refractivity contribution >= 4 is 0 Å². The molecular formula is C17H29NO3. The van der Waals surface area contributed by atoms with Crippen molar-refractivity contribution in [2.45, 2.75) is 33.7 Å². The van der Waals surface area contributed by atoms with Crippen LogP contribution >= 0.6 is 0 Å². The van der Waals surface area contributed by atoms with E-state index in [1.54, 1.807) is 14.2 Å². The zero-order valence-corrected chi connectivity index (χ0v) is 14.0. The van der Waals surface area contributed by atoms with Gasteiger partial charge in [-0.3, -0.25) is 0 Å². The average molecular weight is 295 g/mol. The monoisotopic (exact) mass is 295 g/mol. The van der Waals surface area contributed by atoms with Gasteiger partial charge in [0.2, 0.25) is 0 Å². The Hall–Kier alpha value is -1.26. The predicted molar refractivity (Wildman–Crippen MR) is 86.1 cm³/mol. The van der Waals surface area contributed by atoms with E-state index in [1.807, 2.05) is 12.1 Å². The second kappa shape index (κ2) is 8.90. The summed E-state index contributed by atoms with van der Waals surface area (Å²) in [6.07, 6.45) is 1.00. The number of nitrogens with one attached hydrogen (secondary N) is 1. The Morgan fingerprint density at radius 2 is 1.86 bits per heavy atom. The smallest absolute Gasteiger partial charge is 0.165 e. The van der Waals surface area contributed by atoms with Gasteiger partial charge in [0.1, 0.15) is 0 Å². The summed E-state index contributed by atoms with van der Waals surface area (Å²) in [5, 5.41) is 3.34. The van der Waals surface area contributed by atoms with Crippen molar-refractivity contribution in [3.8, 4) is 11.5 Å². The Labute approximate surface area is 128 Å². The van der Waals surface area contributed by atoms with E-state index >= 15 is 0 Å². The van der Waals surface area contributed by atoms with E-state index in [4.69, 9.17) is 14.2 Å². The highest BCUT2D eigenvalue weighted by molar-refractivity contribution is 5.46. The molecule has 0 aliphatic rings. The van der Waals surface area contributed by atoms with Crippen LogP contribution in [0, 0.1) is 5.41 Å². The standard InChI is InChI=1S/C17H29NO3/c1-17(2,3)9-11-21-16-14(13-18-10-12-19-4)7-6-8-15(16)20-5/h6-8,18H,9-13H2,1-5H3. The van der Waals surface area contributed by atoms with E-state index in [2.05, 4.69) is 32.2 Å². The molecule has 1 aromatic rings. The van der Waals surface area contributed by atoms with Crippen molar-refractivity contribution in [3.63, 3.8) is 0 Å². The highest BCUT2D eigenvalue weighted by Gasteiger charge is 2.14. The van der Waals surface area contributed by atoms with Crippen molar-refractivity contribution in [2.24, 2.45) is 5.41 Å². The molecule has 0 atom stereocenters. The van der Waals surface area contributed by atoms with Crippen LogP contribution in [0.3, 0.4) is 0 Å². The number of ether oxygens (including phenoxy) is 3. The third kappa shape index (κ3) is 6.82. The molecular weight excluding hydrogens is 266 g/mol.